The Kier molecular flexibility index (Phi) is 5.40. The van der Waals surface area contributed by atoms with E-state index in [0.29, 0.717) is 0 Å². The number of hydrogen-bond acceptors (Lipinski definition) is 5. The van der Waals surface area contributed by atoms with Crippen molar-refractivity contribution in [2.75, 3.05) is 25.0 Å². The van der Waals surface area contributed by atoms with Gasteiger partial charge in [0, 0.05) is 11.4 Å². The quantitative estimate of drug-likeness (QED) is 0.661. The maximum atomic E-state index is 13.2. The van der Waals surface area contributed by atoms with Crippen LogP contribution >= 0.6 is 11.8 Å². The molecule has 2 heterocycles. The van der Waals surface area contributed by atoms with E-state index in [1.165, 1.54) is 0 Å². The average Bonchev–Trinajstić information content (AvgIpc) is 3.13. The molecule has 2 atom stereocenters. The number of carbonyl (C=O) groups is 1. The maximum absolute atomic E-state index is 13.2. The topological polar surface area (TPSA) is 64.5 Å². The van der Waals surface area contributed by atoms with Gasteiger partial charge in [-0.2, -0.15) is 0 Å². The molecule has 4 rings (SSSR count). The normalized spacial score (nSPS) is 17.8. The number of fused-ring (bicyclic) bond motifs is 1. The van der Waals surface area contributed by atoms with Gasteiger partial charge in [-0.25, -0.2) is 0 Å². The van der Waals surface area contributed by atoms with Crippen molar-refractivity contribution in [1.82, 2.24) is 4.68 Å². The Balaban J connectivity index is 1.62. The van der Waals surface area contributed by atoms with Gasteiger partial charge in [0.2, 0.25) is 5.91 Å². The van der Waals surface area contributed by atoms with Crippen molar-refractivity contribution in [3.63, 3.8) is 0 Å². The minimum atomic E-state index is -0.340. The monoisotopic (exact) mass is 409 g/mol. The summed E-state index contributed by atoms with van der Waals surface area (Å²) in [6.45, 7) is 2.04. The second-order valence-electron chi connectivity index (χ2n) is 6.78. The number of carbonyl (C=O) groups excluding carboxylic acids is 1. The largest absolute Gasteiger partial charge is 0.497 e. The van der Waals surface area contributed by atoms with Gasteiger partial charge in [-0.15, -0.1) is 0 Å². The Labute approximate surface area is 174 Å². The minimum Gasteiger partial charge on any atom is -0.497 e. The van der Waals surface area contributed by atoms with Crippen molar-refractivity contribution < 1.29 is 14.3 Å². The fraction of sp³-hybridized carbons (Fsp3) is 0.227. The van der Waals surface area contributed by atoms with Crippen molar-refractivity contribution in [3.05, 3.63) is 71.9 Å². The molecule has 0 bridgehead atoms. The summed E-state index contributed by atoms with van der Waals surface area (Å²) >= 11 is 1.56. The summed E-state index contributed by atoms with van der Waals surface area (Å²) in [4.78, 5) is 13.2. The van der Waals surface area contributed by atoms with E-state index < -0.39 is 0 Å². The van der Waals surface area contributed by atoms with Crippen LogP contribution in [0.5, 0.6) is 11.5 Å². The molecule has 2 N–H and O–H groups in total. The molecular formula is C22H23N3O3S. The molecule has 150 valence electrons. The molecule has 3 aromatic rings. The van der Waals surface area contributed by atoms with E-state index in [1.54, 1.807) is 26.0 Å². The lowest BCUT2D eigenvalue weighted by atomic mass is 10.0. The fourth-order valence-corrected chi connectivity index (χ4v) is 4.56. The maximum Gasteiger partial charge on any atom is 0.240 e. The van der Waals surface area contributed by atoms with E-state index >= 15 is 0 Å². The van der Waals surface area contributed by atoms with Gasteiger partial charge in [-0.3, -0.25) is 9.47 Å². The van der Waals surface area contributed by atoms with Crippen LogP contribution in [0.15, 0.2) is 65.7 Å². The Morgan fingerprint density at radius 3 is 2.21 bits per heavy atom. The van der Waals surface area contributed by atoms with Gasteiger partial charge in [-0.1, -0.05) is 23.9 Å². The third kappa shape index (κ3) is 3.91. The molecule has 0 radical (unpaired) electrons. The SMILES string of the molecule is COc1ccc(NC(=O)[C@@H]2Sc3ccc(C)n3N[C@@H]2c2ccc(OC)cc2)cc1. The third-order valence-electron chi connectivity index (χ3n) is 4.95. The van der Waals surface area contributed by atoms with Crippen LogP contribution in [0.3, 0.4) is 0 Å². The molecule has 0 saturated carbocycles. The van der Waals surface area contributed by atoms with Gasteiger partial charge in [0.05, 0.1) is 25.3 Å². The van der Waals surface area contributed by atoms with Crippen LogP contribution in [0.2, 0.25) is 0 Å². The van der Waals surface area contributed by atoms with Crippen molar-refractivity contribution >= 4 is 23.4 Å². The summed E-state index contributed by atoms with van der Waals surface area (Å²) in [5.41, 5.74) is 6.36. The second-order valence-corrected chi connectivity index (χ2v) is 7.95. The number of benzene rings is 2. The zero-order valence-corrected chi connectivity index (χ0v) is 17.3. The molecule has 1 aliphatic heterocycles. The highest BCUT2D eigenvalue weighted by atomic mass is 32.2. The van der Waals surface area contributed by atoms with Crippen molar-refractivity contribution in [3.8, 4) is 11.5 Å². The molecule has 7 heteroatoms. The summed E-state index contributed by atoms with van der Waals surface area (Å²) in [6, 6.07) is 19.0. The van der Waals surface area contributed by atoms with Crippen LogP contribution in [-0.4, -0.2) is 30.1 Å². The van der Waals surface area contributed by atoms with Gasteiger partial charge in [0.15, 0.2) is 0 Å². The number of aryl methyl sites for hydroxylation is 1. The predicted molar refractivity (Wildman–Crippen MR) is 116 cm³/mol. The summed E-state index contributed by atoms with van der Waals surface area (Å²) in [5.74, 6) is 1.48. The number of aromatic nitrogens is 1. The van der Waals surface area contributed by atoms with Crippen molar-refractivity contribution in [2.45, 2.75) is 23.2 Å². The summed E-state index contributed by atoms with van der Waals surface area (Å²) in [7, 11) is 3.26. The second kappa shape index (κ2) is 8.13. The summed E-state index contributed by atoms with van der Waals surface area (Å²) in [5, 5.41) is 3.71. The van der Waals surface area contributed by atoms with Crippen LogP contribution in [-0.2, 0) is 4.79 Å². The molecule has 0 aliphatic carbocycles. The van der Waals surface area contributed by atoms with Crippen LogP contribution in [0.1, 0.15) is 17.3 Å². The smallest absolute Gasteiger partial charge is 0.240 e. The summed E-state index contributed by atoms with van der Waals surface area (Å²) in [6.07, 6.45) is 0. The van der Waals surface area contributed by atoms with Crippen molar-refractivity contribution in [2.24, 2.45) is 0 Å². The Morgan fingerprint density at radius 1 is 0.966 bits per heavy atom. The molecule has 0 fully saturated rings. The van der Waals surface area contributed by atoms with Gasteiger partial charge >= 0.3 is 0 Å². The van der Waals surface area contributed by atoms with E-state index in [4.69, 9.17) is 9.47 Å². The molecule has 2 aromatic carbocycles. The zero-order chi connectivity index (χ0) is 20.4. The molecule has 1 aromatic heterocycles. The number of nitrogens with zero attached hydrogens (tertiary/aromatic N) is 1. The zero-order valence-electron chi connectivity index (χ0n) is 16.5. The number of thioether (sulfide) groups is 1. The number of hydrogen-bond donors (Lipinski definition) is 2. The lowest BCUT2D eigenvalue weighted by Crippen LogP contribution is -2.41. The van der Waals surface area contributed by atoms with E-state index in [0.717, 1.165) is 33.5 Å². The highest BCUT2D eigenvalue weighted by molar-refractivity contribution is 8.00. The van der Waals surface area contributed by atoms with Crippen LogP contribution in [0.4, 0.5) is 5.69 Å². The molecule has 0 unspecified atom stereocenters. The highest BCUT2D eigenvalue weighted by Crippen LogP contribution is 2.39. The van der Waals surface area contributed by atoms with Gasteiger partial charge < -0.3 is 20.2 Å². The minimum absolute atomic E-state index is 0.0569. The number of rotatable bonds is 5. The Bertz CT molecular complexity index is 999. The Morgan fingerprint density at radius 2 is 1.59 bits per heavy atom. The predicted octanol–water partition coefficient (Wildman–Crippen LogP) is 4.21. The van der Waals surface area contributed by atoms with E-state index in [-0.39, 0.29) is 17.2 Å². The van der Waals surface area contributed by atoms with Gasteiger partial charge in [-0.05, 0) is 61.0 Å². The lowest BCUT2D eigenvalue weighted by Gasteiger charge is -2.34. The molecule has 0 saturated heterocycles. The number of nitrogens with one attached hydrogen (secondary N) is 2. The molecule has 0 spiro atoms. The summed E-state index contributed by atoms with van der Waals surface area (Å²) < 4.78 is 12.5. The van der Waals surface area contributed by atoms with Crippen LogP contribution < -0.4 is 20.2 Å². The number of ether oxygens (including phenoxy) is 2. The number of anilines is 1. The molecule has 29 heavy (non-hydrogen) atoms. The van der Waals surface area contributed by atoms with Crippen molar-refractivity contribution in [1.29, 1.82) is 0 Å². The first-order valence-corrected chi connectivity index (χ1v) is 10.2. The molecule has 6 nitrogen and oxygen atoms in total. The lowest BCUT2D eigenvalue weighted by molar-refractivity contribution is -0.116. The average molecular weight is 410 g/mol. The van der Waals surface area contributed by atoms with Gasteiger partial charge in [0.1, 0.15) is 16.7 Å². The number of amides is 1. The van der Waals surface area contributed by atoms with Crippen LogP contribution in [0.25, 0.3) is 0 Å². The highest BCUT2D eigenvalue weighted by Gasteiger charge is 2.36. The standard InChI is InChI=1S/C22H23N3O3S/c1-14-4-13-19-25(14)24-20(15-5-9-17(27-2)10-6-15)21(29-19)22(26)23-16-7-11-18(28-3)12-8-16/h4-13,20-21,24H,1-3H3,(H,23,26)/t20-,21-/m1/s1. The number of methoxy groups -OCH3 is 2. The van der Waals surface area contributed by atoms with E-state index in [1.807, 2.05) is 72.3 Å². The fourth-order valence-electron chi connectivity index (χ4n) is 3.33. The first-order chi connectivity index (χ1) is 14.1. The Hall–Kier alpha value is -3.06. The first-order valence-electron chi connectivity index (χ1n) is 9.29. The van der Waals surface area contributed by atoms with Gasteiger partial charge in [0.25, 0.3) is 0 Å². The molecule has 1 aliphatic rings. The molecule has 1 amide bonds. The first kappa shape index (κ1) is 19.3. The van der Waals surface area contributed by atoms with E-state index in [9.17, 15) is 4.79 Å². The van der Waals surface area contributed by atoms with E-state index in [2.05, 4.69) is 10.7 Å². The van der Waals surface area contributed by atoms with Crippen LogP contribution in [0, 0.1) is 6.92 Å². The molecular weight excluding hydrogens is 386 g/mol. The third-order valence-corrected chi connectivity index (χ3v) is 6.25.